The lowest BCUT2D eigenvalue weighted by atomic mass is 10.2. The molecule has 4 heteroatoms. The number of nitrogens with one attached hydrogen (secondary N) is 1. The highest BCUT2D eigenvalue weighted by Gasteiger charge is 1.97. The molecule has 1 aromatic carbocycles. The van der Waals surface area contributed by atoms with Crippen LogP contribution in [0.4, 0.5) is 0 Å². The van der Waals surface area contributed by atoms with Gasteiger partial charge in [0.25, 0.3) is 0 Å². The van der Waals surface area contributed by atoms with E-state index < -0.39 is 0 Å². The van der Waals surface area contributed by atoms with Gasteiger partial charge < -0.3 is 4.74 Å². The lowest BCUT2D eigenvalue weighted by Gasteiger charge is -2.02. The average Bonchev–Trinajstić information content (AvgIpc) is 2.34. The fourth-order valence-corrected chi connectivity index (χ4v) is 1.75. The molecule has 84 valence electrons. The smallest absolute Gasteiger partial charge is 0.142 e. The van der Waals surface area contributed by atoms with Crippen molar-refractivity contribution in [3.63, 3.8) is 0 Å². The Hall–Kier alpha value is -1.55. The Kier molecular flexibility index (Phi) is 5.36. The Morgan fingerprint density at radius 2 is 2.12 bits per heavy atom. The topological polar surface area (TPSA) is 50.1 Å². The van der Waals surface area contributed by atoms with Crippen LogP contribution >= 0.6 is 11.8 Å². The van der Waals surface area contributed by atoms with Crippen LogP contribution in [0.3, 0.4) is 0 Å². The molecule has 0 heterocycles. The summed E-state index contributed by atoms with van der Waals surface area (Å²) in [6.07, 6.45) is 3.48. The van der Waals surface area contributed by atoms with Crippen molar-refractivity contribution < 1.29 is 9.53 Å². The molecule has 1 N–H and O–H groups in total. The molecule has 0 saturated carbocycles. The van der Waals surface area contributed by atoms with Crippen molar-refractivity contribution in [3.8, 4) is 5.75 Å². The van der Waals surface area contributed by atoms with Gasteiger partial charge in [0, 0.05) is 5.75 Å². The van der Waals surface area contributed by atoms with Gasteiger partial charge in [-0.2, -0.15) is 0 Å². The van der Waals surface area contributed by atoms with Crippen LogP contribution < -0.4 is 4.74 Å². The lowest BCUT2D eigenvalue weighted by molar-refractivity contribution is -0.104. The highest BCUT2D eigenvalue weighted by molar-refractivity contribution is 8.13. The fraction of sp³-hybridized carbons (Fsp3) is 0.167. The quantitative estimate of drug-likeness (QED) is 0.369. The van der Waals surface area contributed by atoms with Crippen molar-refractivity contribution in [2.45, 2.75) is 5.75 Å². The summed E-state index contributed by atoms with van der Waals surface area (Å²) in [6, 6.07) is 7.70. The van der Waals surface area contributed by atoms with Gasteiger partial charge in [0.15, 0.2) is 0 Å². The third-order valence-corrected chi connectivity index (χ3v) is 2.80. The number of benzene rings is 1. The van der Waals surface area contributed by atoms with E-state index in [0.717, 1.165) is 11.3 Å². The maximum absolute atomic E-state index is 10.0. The average molecular weight is 235 g/mol. The van der Waals surface area contributed by atoms with E-state index in [4.69, 9.17) is 10.1 Å². The van der Waals surface area contributed by atoms with E-state index >= 15 is 0 Å². The molecule has 0 aliphatic carbocycles. The molecule has 0 atom stereocenters. The van der Waals surface area contributed by atoms with E-state index in [1.807, 2.05) is 24.3 Å². The van der Waals surface area contributed by atoms with E-state index in [1.165, 1.54) is 23.9 Å². The Bertz CT molecular complexity index is 385. The molecule has 0 radical (unpaired) electrons. The molecule has 0 spiro atoms. The minimum Gasteiger partial charge on any atom is -0.497 e. The first-order valence-electron chi connectivity index (χ1n) is 4.72. The first-order chi connectivity index (χ1) is 7.76. The molecular weight excluding hydrogens is 222 g/mol. The van der Waals surface area contributed by atoms with E-state index in [0.29, 0.717) is 17.1 Å². The van der Waals surface area contributed by atoms with Gasteiger partial charge in [0.2, 0.25) is 0 Å². The molecule has 0 fully saturated rings. The third-order valence-electron chi connectivity index (χ3n) is 1.88. The number of hydrogen-bond acceptors (Lipinski definition) is 4. The van der Waals surface area contributed by atoms with Crippen LogP contribution in [0.15, 0.2) is 36.4 Å². The zero-order valence-corrected chi connectivity index (χ0v) is 9.79. The zero-order valence-electron chi connectivity index (χ0n) is 8.97. The highest BCUT2D eigenvalue weighted by Crippen LogP contribution is 2.17. The van der Waals surface area contributed by atoms with Gasteiger partial charge in [0.1, 0.15) is 12.0 Å². The SMILES string of the molecule is COc1ccc(CSC(=N)/C=C\C=O)cc1. The summed E-state index contributed by atoms with van der Waals surface area (Å²) in [5, 5.41) is 7.89. The van der Waals surface area contributed by atoms with Crippen LogP contribution in [-0.4, -0.2) is 18.4 Å². The Balaban J connectivity index is 2.45. The Labute approximate surface area is 99.0 Å². The summed E-state index contributed by atoms with van der Waals surface area (Å²) < 4.78 is 5.05. The van der Waals surface area contributed by atoms with Gasteiger partial charge in [-0.05, 0) is 29.8 Å². The molecule has 1 aromatic rings. The Morgan fingerprint density at radius 1 is 1.44 bits per heavy atom. The second-order valence-electron chi connectivity index (χ2n) is 3.00. The zero-order chi connectivity index (χ0) is 11.8. The maximum atomic E-state index is 10.0. The minimum atomic E-state index is 0.378. The second kappa shape index (κ2) is 6.85. The fourth-order valence-electron chi connectivity index (χ4n) is 1.06. The van der Waals surface area contributed by atoms with Crippen LogP contribution in [0.1, 0.15) is 5.56 Å². The molecule has 0 saturated heterocycles. The number of methoxy groups -OCH3 is 1. The first kappa shape index (κ1) is 12.5. The van der Waals surface area contributed by atoms with Gasteiger partial charge in [-0.3, -0.25) is 10.2 Å². The van der Waals surface area contributed by atoms with Crippen molar-refractivity contribution in [3.05, 3.63) is 42.0 Å². The maximum Gasteiger partial charge on any atom is 0.142 e. The van der Waals surface area contributed by atoms with E-state index in [-0.39, 0.29) is 0 Å². The van der Waals surface area contributed by atoms with E-state index in [9.17, 15) is 4.79 Å². The van der Waals surface area contributed by atoms with Crippen molar-refractivity contribution >= 4 is 23.1 Å². The molecule has 0 unspecified atom stereocenters. The van der Waals surface area contributed by atoms with Crippen LogP contribution in [0.25, 0.3) is 0 Å². The number of thioether (sulfide) groups is 1. The second-order valence-corrected chi connectivity index (χ2v) is 4.01. The summed E-state index contributed by atoms with van der Waals surface area (Å²) in [6.45, 7) is 0. The van der Waals surface area contributed by atoms with Crippen molar-refractivity contribution in [1.29, 1.82) is 5.41 Å². The number of allylic oxidation sites excluding steroid dienone is 1. The third kappa shape index (κ3) is 4.31. The summed E-state index contributed by atoms with van der Waals surface area (Å²) in [5.74, 6) is 1.54. The van der Waals surface area contributed by atoms with Crippen molar-refractivity contribution in [2.24, 2.45) is 0 Å². The largest absolute Gasteiger partial charge is 0.497 e. The number of carbonyl (C=O) groups excluding carboxylic acids is 1. The van der Waals surface area contributed by atoms with Gasteiger partial charge in [-0.25, -0.2) is 0 Å². The predicted octanol–water partition coefficient (Wildman–Crippen LogP) is 2.66. The summed E-state index contributed by atoms with van der Waals surface area (Å²) in [7, 11) is 1.63. The standard InChI is InChI=1S/C12H13NO2S/c1-15-11-6-4-10(5-7-11)9-16-12(13)3-2-8-14/h2-8,13H,9H2,1H3/b3-2-,13-12?. The van der Waals surface area contributed by atoms with E-state index in [1.54, 1.807) is 7.11 Å². The number of carbonyl (C=O) groups is 1. The monoisotopic (exact) mass is 235 g/mol. The first-order valence-corrected chi connectivity index (χ1v) is 5.71. The Morgan fingerprint density at radius 3 is 2.69 bits per heavy atom. The summed E-state index contributed by atoms with van der Waals surface area (Å²) in [5.41, 5.74) is 1.12. The van der Waals surface area contributed by atoms with Gasteiger partial charge >= 0.3 is 0 Å². The van der Waals surface area contributed by atoms with Crippen LogP contribution in [0.2, 0.25) is 0 Å². The molecule has 1 rings (SSSR count). The summed E-state index contributed by atoms with van der Waals surface area (Å²) in [4.78, 5) is 10.0. The molecule has 0 bridgehead atoms. The predicted molar refractivity (Wildman–Crippen MR) is 67.2 cm³/mol. The van der Waals surface area contributed by atoms with E-state index in [2.05, 4.69) is 0 Å². The minimum absolute atomic E-state index is 0.378. The summed E-state index contributed by atoms with van der Waals surface area (Å²) >= 11 is 1.38. The van der Waals surface area contributed by atoms with Crippen LogP contribution in [0, 0.1) is 5.41 Å². The highest BCUT2D eigenvalue weighted by atomic mass is 32.2. The molecule has 0 aliphatic rings. The number of hydrogen-bond donors (Lipinski definition) is 1. The molecule has 0 amide bonds. The van der Waals surface area contributed by atoms with Gasteiger partial charge in [-0.1, -0.05) is 12.1 Å². The lowest BCUT2D eigenvalue weighted by Crippen LogP contribution is -1.88. The number of aldehydes is 1. The molecular formula is C12H13NO2S. The van der Waals surface area contributed by atoms with Gasteiger partial charge in [-0.15, -0.1) is 11.8 Å². The van der Waals surface area contributed by atoms with Gasteiger partial charge in [0.05, 0.1) is 12.2 Å². The number of ether oxygens (including phenoxy) is 1. The molecule has 0 aromatic heterocycles. The van der Waals surface area contributed by atoms with Crippen molar-refractivity contribution in [1.82, 2.24) is 0 Å². The molecule has 16 heavy (non-hydrogen) atoms. The normalized spacial score (nSPS) is 10.3. The van der Waals surface area contributed by atoms with Crippen LogP contribution in [0.5, 0.6) is 5.75 Å². The molecule has 3 nitrogen and oxygen atoms in total. The van der Waals surface area contributed by atoms with Crippen molar-refractivity contribution in [2.75, 3.05) is 7.11 Å². The van der Waals surface area contributed by atoms with Crippen LogP contribution in [-0.2, 0) is 10.5 Å². The molecule has 0 aliphatic heterocycles. The number of rotatable bonds is 5.